The fourth-order valence-corrected chi connectivity index (χ4v) is 1.98. The molecule has 20 heavy (non-hydrogen) atoms. The molecule has 0 fully saturated rings. The lowest BCUT2D eigenvalue weighted by atomic mass is 10.3. The van der Waals surface area contributed by atoms with Gasteiger partial charge in [0.2, 0.25) is 5.91 Å². The molecule has 0 aliphatic rings. The van der Waals surface area contributed by atoms with E-state index in [9.17, 15) is 18.4 Å². The molecule has 0 bridgehead atoms. The van der Waals surface area contributed by atoms with Crippen LogP contribution in [0.5, 0.6) is 0 Å². The molecule has 0 aliphatic heterocycles. The molecule has 110 valence electrons. The van der Waals surface area contributed by atoms with Crippen molar-refractivity contribution in [3.8, 4) is 0 Å². The van der Waals surface area contributed by atoms with Crippen LogP contribution in [0.2, 0.25) is 0 Å². The van der Waals surface area contributed by atoms with Crippen LogP contribution < -0.4 is 10.6 Å². The first-order valence-electron chi connectivity index (χ1n) is 6.10. The second kappa shape index (κ2) is 7.84. The number of urea groups is 1. The monoisotopic (exact) mass is 302 g/mol. The predicted molar refractivity (Wildman–Crippen MR) is 73.5 cm³/mol. The Hall–Kier alpha value is -1.63. The van der Waals surface area contributed by atoms with Gasteiger partial charge in [-0.15, -0.1) is 11.8 Å². The number of benzene rings is 1. The highest BCUT2D eigenvalue weighted by molar-refractivity contribution is 8.00. The first kappa shape index (κ1) is 16.4. The normalized spacial score (nSPS) is 11.8. The van der Waals surface area contributed by atoms with Crippen LogP contribution in [0.3, 0.4) is 0 Å². The third-order valence-corrected chi connectivity index (χ3v) is 3.54. The van der Waals surface area contributed by atoms with Crippen molar-refractivity contribution in [1.82, 2.24) is 10.6 Å². The number of carbonyl (C=O) groups excluding carboxylic acids is 2. The highest BCUT2D eigenvalue weighted by Crippen LogP contribution is 2.21. The molecule has 1 rings (SSSR count). The summed E-state index contributed by atoms with van der Waals surface area (Å²) < 4.78 is 26.0. The molecule has 0 saturated heterocycles. The molecular weight excluding hydrogens is 286 g/mol. The molecule has 0 heterocycles. The van der Waals surface area contributed by atoms with E-state index in [0.717, 1.165) is 30.3 Å². The maximum atomic E-state index is 13.3. The van der Waals surface area contributed by atoms with Gasteiger partial charge in [-0.2, -0.15) is 0 Å². The van der Waals surface area contributed by atoms with E-state index < -0.39 is 23.6 Å². The van der Waals surface area contributed by atoms with E-state index in [1.807, 2.05) is 13.8 Å². The number of hydrogen-bond acceptors (Lipinski definition) is 3. The highest BCUT2D eigenvalue weighted by Gasteiger charge is 2.11. The zero-order chi connectivity index (χ0) is 15.1. The summed E-state index contributed by atoms with van der Waals surface area (Å²) in [4.78, 5) is 23.0. The van der Waals surface area contributed by atoms with Crippen LogP contribution in [0, 0.1) is 11.6 Å². The highest BCUT2D eigenvalue weighted by atomic mass is 32.2. The molecule has 0 radical (unpaired) electrons. The molecule has 4 nitrogen and oxygen atoms in total. The number of nitrogens with one attached hydrogen (secondary N) is 2. The van der Waals surface area contributed by atoms with Crippen molar-refractivity contribution < 1.29 is 18.4 Å². The number of amides is 3. The van der Waals surface area contributed by atoms with E-state index in [-0.39, 0.29) is 16.7 Å². The summed E-state index contributed by atoms with van der Waals surface area (Å²) in [6.07, 6.45) is 0.747. The minimum absolute atomic E-state index is 0.0370. The minimum Gasteiger partial charge on any atom is -0.335 e. The molecule has 1 atom stereocenters. The van der Waals surface area contributed by atoms with Gasteiger partial charge < -0.3 is 5.32 Å². The Morgan fingerprint density at radius 3 is 2.65 bits per heavy atom. The fourth-order valence-electron chi connectivity index (χ4n) is 1.26. The van der Waals surface area contributed by atoms with Crippen molar-refractivity contribution in [2.75, 3.05) is 5.75 Å². The summed E-state index contributed by atoms with van der Waals surface area (Å²) in [5, 5.41) is 4.71. The maximum absolute atomic E-state index is 13.3. The molecule has 1 aromatic carbocycles. The first-order chi connectivity index (χ1) is 9.42. The minimum atomic E-state index is -0.730. The van der Waals surface area contributed by atoms with Crippen LogP contribution in [-0.2, 0) is 4.79 Å². The lowest BCUT2D eigenvalue weighted by molar-refractivity contribution is -0.117. The van der Waals surface area contributed by atoms with Gasteiger partial charge in [-0.25, -0.2) is 13.6 Å². The van der Waals surface area contributed by atoms with Gasteiger partial charge in [-0.05, 0) is 25.5 Å². The zero-order valence-corrected chi connectivity index (χ0v) is 12.0. The van der Waals surface area contributed by atoms with Crippen LogP contribution in [0.1, 0.15) is 20.3 Å². The number of thioether (sulfide) groups is 1. The Labute approximate surface area is 120 Å². The van der Waals surface area contributed by atoms with Gasteiger partial charge in [-0.1, -0.05) is 6.92 Å². The number of rotatable bonds is 5. The van der Waals surface area contributed by atoms with Gasteiger partial charge >= 0.3 is 6.03 Å². The van der Waals surface area contributed by atoms with Crippen molar-refractivity contribution in [3.63, 3.8) is 0 Å². The molecule has 7 heteroatoms. The summed E-state index contributed by atoms with van der Waals surface area (Å²) in [6, 6.07) is 2.49. The van der Waals surface area contributed by atoms with Gasteiger partial charge in [0.05, 0.1) is 5.75 Å². The molecule has 3 amide bonds. The number of imide groups is 1. The van der Waals surface area contributed by atoms with Gasteiger partial charge in [0.15, 0.2) is 0 Å². The molecule has 0 aliphatic carbocycles. The number of hydrogen-bond donors (Lipinski definition) is 2. The van der Waals surface area contributed by atoms with Gasteiger partial charge in [-0.3, -0.25) is 10.1 Å². The summed E-state index contributed by atoms with van der Waals surface area (Å²) in [7, 11) is 0. The molecule has 0 unspecified atom stereocenters. The van der Waals surface area contributed by atoms with Crippen molar-refractivity contribution in [1.29, 1.82) is 0 Å². The SMILES string of the molecule is CC[C@H](C)NC(=O)NC(=O)CSc1ccc(F)cc1F. The molecule has 0 saturated carbocycles. The Bertz CT molecular complexity index is 497. The Kier molecular flexibility index (Phi) is 6.44. The summed E-state index contributed by atoms with van der Waals surface area (Å²) in [5.41, 5.74) is 0. The molecular formula is C13H16F2N2O2S. The molecule has 0 aromatic heterocycles. The predicted octanol–water partition coefficient (Wildman–Crippen LogP) is 2.68. The van der Waals surface area contributed by atoms with E-state index in [1.54, 1.807) is 0 Å². The number of carbonyl (C=O) groups is 2. The van der Waals surface area contributed by atoms with Crippen molar-refractivity contribution >= 4 is 23.7 Å². The summed E-state index contributed by atoms with van der Waals surface area (Å²) >= 11 is 0.897. The standard InChI is InChI=1S/C13H16F2N2O2S/c1-3-8(2)16-13(19)17-12(18)7-20-11-5-4-9(14)6-10(11)15/h4-6,8H,3,7H2,1-2H3,(H2,16,17,18,19)/t8-/m0/s1. The topological polar surface area (TPSA) is 58.2 Å². The Morgan fingerprint density at radius 2 is 2.05 bits per heavy atom. The first-order valence-corrected chi connectivity index (χ1v) is 7.09. The van der Waals surface area contributed by atoms with Gasteiger partial charge in [0.1, 0.15) is 11.6 Å². The molecule has 2 N–H and O–H groups in total. The van der Waals surface area contributed by atoms with Gasteiger partial charge in [0.25, 0.3) is 0 Å². The van der Waals surface area contributed by atoms with E-state index in [4.69, 9.17) is 0 Å². The number of halogens is 2. The van der Waals surface area contributed by atoms with Crippen LogP contribution in [0.25, 0.3) is 0 Å². The van der Waals surface area contributed by atoms with Crippen LogP contribution in [0.15, 0.2) is 23.1 Å². The zero-order valence-electron chi connectivity index (χ0n) is 11.2. The fraction of sp³-hybridized carbons (Fsp3) is 0.385. The van der Waals surface area contributed by atoms with Gasteiger partial charge in [0, 0.05) is 17.0 Å². The average molecular weight is 302 g/mol. The lowest BCUT2D eigenvalue weighted by Gasteiger charge is -2.11. The van der Waals surface area contributed by atoms with E-state index in [1.165, 1.54) is 6.07 Å². The van der Waals surface area contributed by atoms with Crippen molar-refractivity contribution in [3.05, 3.63) is 29.8 Å². The second-order valence-corrected chi connectivity index (χ2v) is 5.21. The third-order valence-electron chi connectivity index (χ3n) is 2.50. The smallest absolute Gasteiger partial charge is 0.321 e. The maximum Gasteiger partial charge on any atom is 0.321 e. The van der Waals surface area contributed by atoms with Crippen LogP contribution in [0.4, 0.5) is 13.6 Å². The van der Waals surface area contributed by atoms with Crippen molar-refractivity contribution in [2.24, 2.45) is 0 Å². The largest absolute Gasteiger partial charge is 0.335 e. The Morgan fingerprint density at radius 1 is 1.35 bits per heavy atom. The van der Waals surface area contributed by atoms with E-state index in [0.29, 0.717) is 0 Å². The third kappa shape index (κ3) is 5.56. The second-order valence-electron chi connectivity index (χ2n) is 4.19. The summed E-state index contributed by atoms with van der Waals surface area (Å²) in [6.45, 7) is 3.71. The summed E-state index contributed by atoms with van der Waals surface area (Å²) in [5.74, 6) is -2.08. The van der Waals surface area contributed by atoms with Crippen LogP contribution >= 0.6 is 11.8 Å². The lowest BCUT2D eigenvalue weighted by Crippen LogP contribution is -2.43. The molecule has 1 aromatic rings. The Balaban J connectivity index is 2.41. The van der Waals surface area contributed by atoms with Crippen molar-refractivity contribution in [2.45, 2.75) is 31.2 Å². The average Bonchev–Trinajstić information content (AvgIpc) is 2.37. The quantitative estimate of drug-likeness (QED) is 0.822. The van der Waals surface area contributed by atoms with E-state index in [2.05, 4.69) is 10.6 Å². The van der Waals surface area contributed by atoms with E-state index >= 15 is 0 Å². The van der Waals surface area contributed by atoms with Crippen LogP contribution in [-0.4, -0.2) is 23.7 Å². The molecule has 0 spiro atoms.